The van der Waals surface area contributed by atoms with Crippen molar-refractivity contribution in [2.45, 2.75) is 108 Å². The lowest BCUT2D eigenvalue weighted by Crippen LogP contribution is -2.73. The largest absolute Gasteiger partial charge is 0.392 e. The van der Waals surface area contributed by atoms with Gasteiger partial charge in [0.1, 0.15) is 11.7 Å². The van der Waals surface area contributed by atoms with E-state index in [4.69, 9.17) is 9.47 Å². The van der Waals surface area contributed by atoms with E-state index >= 15 is 0 Å². The van der Waals surface area contributed by atoms with Gasteiger partial charge < -0.3 is 29.9 Å². The van der Waals surface area contributed by atoms with Crippen LogP contribution in [0.1, 0.15) is 72.1 Å². The maximum absolute atomic E-state index is 11.7. The standard InChI is InChI=1S/C27H42O6/c1-14-5-10-27(32-13-14)15(2)22-20(33-27)11-18-16-6-9-26(31)23(30)19(28)12-21(29)25(26,4)17(16)7-8-24(18,22)3/h15-23,28-31H,1,5-13H2,2-4H3/t15-,16+,17-,18-,19-,20-,21+,22-,23-,24-,25-,26-,27-/m0/s1. The van der Waals surface area contributed by atoms with Gasteiger partial charge in [-0.05, 0) is 67.6 Å². The molecule has 0 aromatic rings. The Morgan fingerprint density at radius 2 is 1.76 bits per heavy atom. The van der Waals surface area contributed by atoms with Crippen LogP contribution in [-0.4, -0.2) is 62.8 Å². The van der Waals surface area contributed by atoms with Gasteiger partial charge in [0.25, 0.3) is 0 Å². The Labute approximate surface area is 197 Å². The monoisotopic (exact) mass is 462 g/mol. The highest BCUT2D eigenvalue weighted by Gasteiger charge is 2.73. The van der Waals surface area contributed by atoms with Crippen LogP contribution < -0.4 is 0 Å². The van der Waals surface area contributed by atoms with Gasteiger partial charge in [-0.25, -0.2) is 0 Å². The minimum atomic E-state index is -1.44. The SMILES string of the molecule is C=C1CC[C@]2(OC1)O[C@H]1C[C@H]3[C@@H]4CC[C@]5(O)[C@@H](O)[C@@H](O)C[C@@H](O)[C@]5(C)[C@H]4CC[C@]3(C)[C@H]1[C@@H]2C. The number of hydrogen-bond acceptors (Lipinski definition) is 6. The van der Waals surface area contributed by atoms with E-state index in [1.165, 1.54) is 0 Å². The molecule has 1 spiro atoms. The molecule has 2 saturated heterocycles. The van der Waals surface area contributed by atoms with Gasteiger partial charge in [-0.15, -0.1) is 0 Å². The van der Waals surface area contributed by atoms with Crippen LogP contribution in [0, 0.1) is 40.4 Å². The Kier molecular flexibility index (Phi) is 4.89. The molecule has 6 fully saturated rings. The molecular weight excluding hydrogens is 420 g/mol. The summed E-state index contributed by atoms with van der Waals surface area (Å²) >= 11 is 0. The van der Waals surface area contributed by atoms with Crippen LogP contribution >= 0.6 is 0 Å². The van der Waals surface area contributed by atoms with E-state index < -0.39 is 35.1 Å². The first-order chi connectivity index (χ1) is 15.5. The van der Waals surface area contributed by atoms with Gasteiger partial charge in [0, 0.05) is 24.2 Å². The zero-order chi connectivity index (χ0) is 23.6. The summed E-state index contributed by atoms with van der Waals surface area (Å²) in [5.41, 5.74) is -0.955. The minimum absolute atomic E-state index is 0.127. The summed E-state index contributed by atoms with van der Waals surface area (Å²) in [6.07, 6.45) is 3.30. The van der Waals surface area contributed by atoms with Crippen molar-refractivity contribution in [3.63, 3.8) is 0 Å². The summed E-state index contributed by atoms with van der Waals surface area (Å²) in [6.45, 7) is 11.4. The molecule has 0 unspecified atom stereocenters. The highest BCUT2D eigenvalue weighted by atomic mass is 16.7. The summed E-state index contributed by atoms with van der Waals surface area (Å²) in [7, 11) is 0. The average molecular weight is 463 g/mol. The number of ether oxygens (including phenoxy) is 2. The first-order valence-electron chi connectivity index (χ1n) is 13.2. The van der Waals surface area contributed by atoms with Gasteiger partial charge >= 0.3 is 0 Å². The second-order valence-corrected chi connectivity index (χ2v) is 13.0. The van der Waals surface area contributed by atoms with Crippen LogP contribution in [-0.2, 0) is 9.47 Å². The summed E-state index contributed by atoms with van der Waals surface area (Å²) in [5.74, 6) is 1.30. The van der Waals surface area contributed by atoms with Crippen LogP contribution in [0.3, 0.4) is 0 Å². The predicted octanol–water partition coefficient (Wildman–Crippen LogP) is 2.77. The van der Waals surface area contributed by atoms with Crippen molar-refractivity contribution in [2.24, 2.45) is 40.4 Å². The van der Waals surface area contributed by atoms with E-state index in [-0.39, 0.29) is 23.9 Å². The zero-order valence-electron chi connectivity index (χ0n) is 20.4. The fourth-order valence-electron chi connectivity index (χ4n) is 10.2. The lowest BCUT2D eigenvalue weighted by Gasteiger charge is -2.66. The van der Waals surface area contributed by atoms with E-state index in [9.17, 15) is 20.4 Å². The Balaban J connectivity index is 1.30. The quantitative estimate of drug-likeness (QED) is 0.413. The Morgan fingerprint density at radius 3 is 2.45 bits per heavy atom. The fraction of sp³-hybridized carbons (Fsp3) is 0.926. The van der Waals surface area contributed by atoms with Crippen molar-refractivity contribution in [3.05, 3.63) is 12.2 Å². The fourth-order valence-corrected chi connectivity index (χ4v) is 10.2. The zero-order valence-corrected chi connectivity index (χ0v) is 20.4. The number of aliphatic hydroxyl groups is 4. The molecule has 6 nitrogen and oxygen atoms in total. The summed E-state index contributed by atoms with van der Waals surface area (Å²) < 4.78 is 13.1. The first-order valence-corrected chi connectivity index (χ1v) is 13.2. The van der Waals surface area contributed by atoms with Crippen molar-refractivity contribution in [3.8, 4) is 0 Å². The number of fused-ring (bicyclic) bond motifs is 7. The van der Waals surface area contributed by atoms with Gasteiger partial charge in [0.15, 0.2) is 5.79 Å². The molecule has 0 bridgehead atoms. The molecule has 2 heterocycles. The molecule has 2 aliphatic heterocycles. The lowest BCUT2D eigenvalue weighted by atomic mass is 9.41. The van der Waals surface area contributed by atoms with E-state index in [1.54, 1.807) is 0 Å². The van der Waals surface area contributed by atoms with E-state index in [1.807, 2.05) is 6.92 Å². The van der Waals surface area contributed by atoms with Crippen molar-refractivity contribution >= 4 is 0 Å². The van der Waals surface area contributed by atoms with Crippen LogP contribution in [0.25, 0.3) is 0 Å². The number of hydrogen-bond donors (Lipinski definition) is 4. The minimum Gasteiger partial charge on any atom is -0.392 e. The molecule has 4 aliphatic carbocycles. The molecule has 6 rings (SSSR count). The first kappa shape index (κ1) is 22.9. The van der Waals surface area contributed by atoms with Gasteiger partial charge in [0.2, 0.25) is 0 Å². The van der Waals surface area contributed by atoms with Crippen molar-refractivity contribution in [2.75, 3.05) is 6.61 Å². The van der Waals surface area contributed by atoms with Gasteiger partial charge in [-0.3, -0.25) is 0 Å². The predicted molar refractivity (Wildman–Crippen MR) is 122 cm³/mol. The third kappa shape index (κ3) is 2.66. The molecule has 6 aliphatic rings. The molecule has 186 valence electrons. The Morgan fingerprint density at radius 1 is 1.00 bits per heavy atom. The smallest absolute Gasteiger partial charge is 0.172 e. The van der Waals surface area contributed by atoms with E-state index in [0.29, 0.717) is 36.7 Å². The molecule has 0 aromatic heterocycles. The molecule has 4 saturated carbocycles. The maximum atomic E-state index is 11.7. The number of rotatable bonds is 0. The number of aliphatic hydroxyl groups excluding tert-OH is 3. The van der Waals surface area contributed by atoms with Crippen LogP contribution in [0.4, 0.5) is 0 Å². The summed E-state index contributed by atoms with van der Waals surface area (Å²) in [6, 6.07) is 0. The molecule has 13 atom stereocenters. The molecule has 0 amide bonds. The lowest BCUT2D eigenvalue weighted by molar-refractivity contribution is -0.300. The van der Waals surface area contributed by atoms with Gasteiger partial charge in [0.05, 0.1) is 24.9 Å². The summed E-state index contributed by atoms with van der Waals surface area (Å²) in [4.78, 5) is 0. The van der Waals surface area contributed by atoms with Crippen molar-refractivity contribution < 1.29 is 29.9 Å². The third-order valence-electron chi connectivity index (χ3n) is 12.0. The van der Waals surface area contributed by atoms with Gasteiger partial charge in [-0.1, -0.05) is 32.9 Å². The van der Waals surface area contributed by atoms with Crippen LogP contribution in [0.5, 0.6) is 0 Å². The molecule has 0 radical (unpaired) electrons. The normalized spacial score (nSPS) is 62.5. The summed E-state index contributed by atoms with van der Waals surface area (Å²) in [5, 5.41) is 44.0. The topological polar surface area (TPSA) is 99.4 Å². The van der Waals surface area contributed by atoms with E-state index in [0.717, 1.165) is 44.1 Å². The van der Waals surface area contributed by atoms with E-state index in [2.05, 4.69) is 20.4 Å². The van der Waals surface area contributed by atoms with Crippen molar-refractivity contribution in [1.82, 2.24) is 0 Å². The van der Waals surface area contributed by atoms with Crippen molar-refractivity contribution in [1.29, 1.82) is 0 Å². The van der Waals surface area contributed by atoms with Gasteiger partial charge in [-0.2, -0.15) is 0 Å². The molecule has 0 aromatic carbocycles. The Bertz CT molecular complexity index is 834. The second kappa shape index (κ2) is 7.04. The maximum Gasteiger partial charge on any atom is 0.172 e. The second-order valence-electron chi connectivity index (χ2n) is 13.0. The third-order valence-corrected chi connectivity index (χ3v) is 12.0. The average Bonchev–Trinajstić information content (AvgIpc) is 3.22. The highest BCUT2D eigenvalue weighted by molar-refractivity contribution is 5.21. The molecular formula is C27H42O6. The Hall–Kier alpha value is -0.500. The van der Waals surface area contributed by atoms with Crippen LogP contribution in [0.2, 0.25) is 0 Å². The van der Waals surface area contributed by atoms with Crippen LogP contribution in [0.15, 0.2) is 12.2 Å². The molecule has 6 heteroatoms. The molecule has 4 N–H and O–H groups in total. The molecule has 33 heavy (non-hydrogen) atoms. The highest BCUT2D eigenvalue weighted by Crippen LogP contribution is 2.71.